The van der Waals surface area contributed by atoms with E-state index in [1.54, 1.807) is 0 Å². The molecule has 2 aromatic carbocycles. The maximum absolute atomic E-state index is 13.6. The van der Waals surface area contributed by atoms with Crippen LogP contribution in [0.4, 0.5) is 15.8 Å². The van der Waals surface area contributed by atoms with E-state index in [0.717, 1.165) is 24.3 Å². The first-order valence-corrected chi connectivity index (χ1v) is 6.23. The van der Waals surface area contributed by atoms with E-state index in [0.29, 0.717) is 4.47 Å². The Balaban J connectivity index is 2.44. The molecule has 0 saturated carbocycles. The molecule has 0 aliphatic carbocycles. The lowest BCUT2D eigenvalue weighted by Crippen LogP contribution is -1.97. The Labute approximate surface area is 125 Å². The predicted molar refractivity (Wildman–Crippen MR) is 73.9 cm³/mol. The third-order valence-electron chi connectivity index (χ3n) is 2.46. The summed E-state index contributed by atoms with van der Waals surface area (Å²) in [5.41, 5.74) is -1.07. The standard InChI is InChI=1S/C12H6BrFN2O5/c13-7-1-3-11(9(14)5-7)21-12-4-2-8(15(17)18)6-10(12)16(19)20/h1-6H. The SMILES string of the molecule is O=[N+]([O-])c1ccc(Oc2ccc(Br)cc2F)c([N+](=O)[O-])c1. The molecule has 108 valence electrons. The van der Waals surface area contributed by atoms with Crippen LogP contribution in [0.3, 0.4) is 0 Å². The molecular weight excluding hydrogens is 351 g/mol. The minimum atomic E-state index is -0.834. The average Bonchev–Trinajstić information content (AvgIpc) is 2.41. The molecule has 0 aliphatic rings. The van der Waals surface area contributed by atoms with Gasteiger partial charge in [0, 0.05) is 10.5 Å². The highest BCUT2D eigenvalue weighted by Gasteiger charge is 2.22. The summed E-state index contributed by atoms with van der Waals surface area (Å²) in [6.07, 6.45) is 0. The van der Waals surface area contributed by atoms with Gasteiger partial charge in [0.25, 0.3) is 5.69 Å². The number of nitro benzene ring substituents is 2. The topological polar surface area (TPSA) is 95.5 Å². The fourth-order valence-electron chi connectivity index (χ4n) is 1.52. The zero-order valence-electron chi connectivity index (χ0n) is 10.2. The van der Waals surface area contributed by atoms with Crippen LogP contribution in [-0.4, -0.2) is 9.85 Å². The van der Waals surface area contributed by atoms with E-state index < -0.39 is 27.0 Å². The third-order valence-corrected chi connectivity index (χ3v) is 2.96. The van der Waals surface area contributed by atoms with E-state index in [-0.39, 0.29) is 11.5 Å². The molecule has 9 heteroatoms. The van der Waals surface area contributed by atoms with Gasteiger partial charge in [-0.15, -0.1) is 0 Å². The number of benzene rings is 2. The lowest BCUT2D eigenvalue weighted by molar-refractivity contribution is -0.394. The predicted octanol–water partition coefficient (Wildman–Crippen LogP) is 4.20. The second kappa shape index (κ2) is 5.83. The van der Waals surface area contributed by atoms with Crippen LogP contribution in [0, 0.1) is 26.0 Å². The van der Waals surface area contributed by atoms with Crippen LogP contribution < -0.4 is 4.74 Å². The number of hydrogen-bond donors (Lipinski definition) is 0. The van der Waals surface area contributed by atoms with Crippen molar-refractivity contribution < 1.29 is 19.0 Å². The molecule has 0 atom stereocenters. The number of hydrogen-bond acceptors (Lipinski definition) is 5. The van der Waals surface area contributed by atoms with Gasteiger partial charge in [-0.1, -0.05) is 15.9 Å². The van der Waals surface area contributed by atoms with Crippen molar-refractivity contribution in [3.8, 4) is 11.5 Å². The minimum absolute atomic E-state index is 0.227. The summed E-state index contributed by atoms with van der Waals surface area (Å²) in [6.45, 7) is 0. The molecule has 2 aromatic rings. The van der Waals surface area contributed by atoms with Gasteiger partial charge in [-0.3, -0.25) is 20.2 Å². The molecule has 21 heavy (non-hydrogen) atoms. The van der Waals surface area contributed by atoms with Crippen LogP contribution in [0.2, 0.25) is 0 Å². The molecule has 0 radical (unpaired) electrons. The maximum Gasteiger partial charge on any atom is 0.318 e. The highest BCUT2D eigenvalue weighted by Crippen LogP contribution is 2.35. The van der Waals surface area contributed by atoms with Crippen molar-refractivity contribution in [2.45, 2.75) is 0 Å². The van der Waals surface area contributed by atoms with Gasteiger partial charge in [-0.25, -0.2) is 4.39 Å². The number of non-ortho nitro benzene ring substituents is 1. The quantitative estimate of drug-likeness (QED) is 0.604. The van der Waals surface area contributed by atoms with Gasteiger partial charge in [0.05, 0.1) is 15.9 Å². The summed E-state index contributed by atoms with van der Waals surface area (Å²) in [5, 5.41) is 21.5. The van der Waals surface area contributed by atoms with Crippen molar-refractivity contribution in [2.24, 2.45) is 0 Å². The second-order valence-electron chi connectivity index (χ2n) is 3.84. The largest absolute Gasteiger partial charge is 0.447 e. The van der Waals surface area contributed by atoms with Crippen molar-refractivity contribution in [2.75, 3.05) is 0 Å². The summed E-state index contributed by atoms with van der Waals surface area (Å²) in [7, 11) is 0. The van der Waals surface area contributed by atoms with Gasteiger partial charge in [-0.05, 0) is 24.3 Å². The molecule has 7 nitrogen and oxygen atoms in total. The molecule has 2 rings (SSSR count). The number of rotatable bonds is 4. The van der Waals surface area contributed by atoms with Crippen molar-refractivity contribution in [3.05, 3.63) is 66.9 Å². The van der Waals surface area contributed by atoms with Crippen molar-refractivity contribution in [3.63, 3.8) is 0 Å². The number of halogens is 2. The molecule has 0 unspecified atom stereocenters. The van der Waals surface area contributed by atoms with E-state index in [4.69, 9.17) is 4.74 Å². The van der Waals surface area contributed by atoms with Gasteiger partial charge in [0.1, 0.15) is 0 Å². The highest BCUT2D eigenvalue weighted by atomic mass is 79.9. The molecule has 0 N–H and O–H groups in total. The van der Waals surface area contributed by atoms with Crippen molar-refractivity contribution >= 4 is 27.3 Å². The fourth-order valence-corrected chi connectivity index (χ4v) is 1.86. The second-order valence-corrected chi connectivity index (χ2v) is 4.76. The lowest BCUT2D eigenvalue weighted by atomic mass is 10.2. The molecule has 0 aromatic heterocycles. The van der Waals surface area contributed by atoms with Crippen molar-refractivity contribution in [1.29, 1.82) is 0 Å². The maximum atomic E-state index is 13.6. The van der Waals surface area contributed by atoms with Gasteiger partial charge in [-0.2, -0.15) is 0 Å². The normalized spacial score (nSPS) is 10.2. The van der Waals surface area contributed by atoms with Gasteiger partial charge in [0.15, 0.2) is 11.6 Å². The molecule has 0 amide bonds. The first-order valence-electron chi connectivity index (χ1n) is 5.44. The van der Waals surface area contributed by atoms with E-state index >= 15 is 0 Å². The number of ether oxygens (including phenoxy) is 1. The molecule has 0 bridgehead atoms. The Bertz CT molecular complexity index is 738. The Morgan fingerprint density at radius 1 is 1.00 bits per heavy atom. The molecule has 0 saturated heterocycles. The van der Waals surface area contributed by atoms with Gasteiger partial charge >= 0.3 is 5.69 Å². The van der Waals surface area contributed by atoms with Crippen LogP contribution >= 0.6 is 15.9 Å². The third kappa shape index (κ3) is 3.31. The minimum Gasteiger partial charge on any atom is -0.447 e. The molecule has 0 aliphatic heterocycles. The Kier molecular flexibility index (Phi) is 4.13. The van der Waals surface area contributed by atoms with Crippen LogP contribution in [0.15, 0.2) is 40.9 Å². The summed E-state index contributed by atoms with van der Waals surface area (Å²) in [6, 6.07) is 6.76. The lowest BCUT2D eigenvalue weighted by Gasteiger charge is -2.07. The van der Waals surface area contributed by atoms with E-state index in [1.807, 2.05) is 0 Å². The van der Waals surface area contributed by atoms with Gasteiger partial charge < -0.3 is 4.74 Å². The molecule has 0 heterocycles. The zero-order chi connectivity index (χ0) is 15.6. The molecular formula is C12H6BrFN2O5. The average molecular weight is 357 g/mol. The number of nitrogens with zero attached hydrogens (tertiary/aromatic N) is 2. The summed E-state index contributed by atoms with van der Waals surface area (Å²) in [5.74, 6) is -1.24. The molecule has 0 fully saturated rings. The van der Waals surface area contributed by atoms with E-state index in [2.05, 4.69) is 15.9 Å². The Morgan fingerprint density at radius 3 is 2.24 bits per heavy atom. The Morgan fingerprint density at radius 2 is 1.67 bits per heavy atom. The van der Waals surface area contributed by atoms with Crippen LogP contribution in [0.5, 0.6) is 11.5 Å². The highest BCUT2D eigenvalue weighted by molar-refractivity contribution is 9.10. The Hall–Kier alpha value is -2.55. The van der Waals surface area contributed by atoms with Crippen LogP contribution in [-0.2, 0) is 0 Å². The van der Waals surface area contributed by atoms with Crippen LogP contribution in [0.25, 0.3) is 0 Å². The monoisotopic (exact) mass is 356 g/mol. The summed E-state index contributed by atoms with van der Waals surface area (Å²) >= 11 is 3.07. The number of nitro groups is 2. The van der Waals surface area contributed by atoms with Crippen LogP contribution in [0.1, 0.15) is 0 Å². The first kappa shape index (κ1) is 14.9. The fraction of sp³-hybridized carbons (Fsp3) is 0. The first-order chi connectivity index (χ1) is 9.88. The summed E-state index contributed by atoms with van der Waals surface area (Å²) in [4.78, 5) is 19.9. The van der Waals surface area contributed by atoms with E-state index in [9.17, 15) is 24.6 Å². The molecule has 0 spiro atoms. The smallest absolute Gasteiger partial charge is 0.318 e. The zero-order valence-corrected chi connectivity index (χ0v) is 11.7. The van der Waals surface area contributed by atoms with Gasteiger partial charge in [0.2, 0.25) is 5.75 Å². The van der Waals surface area contributed by atoms with Crippen molar-refractivity contribution in [1.82, 2.24) is 0 Å². The van der Waals surface area contributed by atoms with E-state index in [1.165, 1.54) is 12.1 Å². The summed E-state index contributed by atoms with van der Waals surface area (Å²) < 4.78 is 19.3.